The van der Waals surface area contributed by atoms with Gasteiger partial charge in [0.1, 0.15) is 11.3 Å². The summed E-state index contributed by atoms with van der Waals surface area (Å²) in [6.07, 6.45) is 4.70. The highest BCUT2D eigenvalue weighted by Gasteiger charge is 2.46. The van der Waals surface area contributed by atoms with Crippen molar-refractivity contribution in [2.24, 2.45) is 5.41 Å². The van der Waals surface area contributed by atoms with Gasteiger partial charge in [-0.15, -0.1) is 0 Å². The number of carbonyl (C=O) groups is 2. The highest BCUT2D eigenvalue weighted by atomic mass is 16.6. The Bertz CT molecular complexity index is 1160. The first-order valence-corrected chi connectivity index (χ1v) is 13.1. The number of nitrogens with zero attached hydrogens (tertiary/aromatic N) is 3. The predicted molar refractivity (Wildman–Crippen MR) is 143 cm³/mol. The zero-order valence-electron chi connectivity index (χ0n) is 22.8. The second kappa shape index (κ2) is 9.83. The van der Waals surface area contributed by atoms with Crippen LogP contribution in [0.2, 0.25) is 0 Å². The van der Waals surface area contributed by atoms with E-state index < -0.39 is 5.60 Å². The average Bonchev–Trinajstić information content (AvgIpc) is 3.16. The third kappa shape index (κ3) is 5.25. The molecule has 1 amide bonds. The van der Waals surface area contributed by atoms with Crippen molar-refractivity contribution >= 4 is 17.7 Å². The van der Waals surface area contributed by atoms with E-state index in [0.29, 0.717) is 11.5 Å². The molecule has 1 aromatic carbocycles. The molecular formula is C29H40N4O3. The Kier molecular flexibility index (Phi) is 7.13. The number of hydrogen-bond acceptors (Lipinski definition) is 6. The Hall–Kier alpha value is -2.96. The summed E-state index contributed by atoms with van der Waals surface area (Å²) >= 11 is 0. The molecular weight excluding hydrogens is 452 g/mol. The molecule has 1 spiro atoms. The fourth-order valence-corrected chi connectivity index (χ4v) is 5.80. The molecule has 1 aliphatic carbocycles. The lowest BCUT2D eigenvalue weighted by molar-refractivity contribution is 0.0442. The number of Topliss-reactive ketones (excluding diaryl/α,β-unsaturated/α-hetero) is 1. The first-order valence-electron chi connectivity index (χ1n) is 13.1. The smallest absolute Gasteiger partial charge is 0.407 e. The number of carbonyl (C=O) groups excluding carboxylic acids is 2. The Labute approximate surface area is 215 Å². The van der Waals surface area contributed by atoms with Gasteiger partial charge in [-0.25, -0.2) is 14.8 Å². The molecule has 4 rings (SSSR count). The first-order chi connectivity index (χ1) is 16.9. The molecule has 194 valence electrons. The number of nitrogens with one attached hydrogen (secondary N) is 1. The van der Waals surface area contributed by atoms with E-state index in [1.807, 2.05) is 39.8 Å². The van der Waals surface area contributed by atoms with E-state index in [4.69, 9.17) is 14.7 Å². The van der Waals surface area contributed by atoms with Crippen LogP contribution in [0.1, 0.15) is 87.1 Å². The number of hydrogen-bond donors (Lipinski definition) is 1. The van der Waals surface area contributed by atoms with E-state index in [0.717, 1.165) is 67.7 Å². The molecule has 1 saturated heterocycles. The monoisotopic (exact) mass is 492 g/mol. The number of rotatable bonds is 4. The van der Waals surface area contributed by atoms with Crippen molar-refractivity contribution in [1.82, 2.24) is 15.3 Å². The van der Waals surface area contributed by atoms with Gasteiger partial charge in [0.15, 0.2) is 11.6 Å². The van der Waals surface area contributed by atoms with Gasteiger partial charge in [0.05, 0.1) is 11.4 Å². The van der Waals surface area contributed by atoms with Gasteiger partial charge in [-0.1, -0.05) is 24.6 Å². The van der Waals surface area contributed by atoms with Crippen molar-refractivity contribution < 1.29 is 14.3 Å². The third-order valence-electron chi connectivity index (χ3n) is 7.90. The van der Waals surface area contributed by atoms with Gasteiger partial charge in [-0.2, -0.15) is 0 Å². The minimum Gasteiger partial charge on any atom is -0.444 e. The van der Waals surface area contributed by atoms with E-state index in [2.05, 4.69) is 30.1 Å². The molecule has 2 fully saturated rings. The van der Waals surface area contributed by atoms with Crippen LogP contribution in [-0.4, -0.2) is 46.6 Å². The zero-order valence-corrected chi connectivity index (χ0v) is 22.8. The number of ketones is 1. The van der Waals surface area contributed by atoms with Crippen LogP contribution in [0.3, 0.4) is 0 Å². The molecule has 0 unspecified atom stereocenters. The predicted octanol–water partition coefficient (Wildman–Crippen LogP) is 5.94. The van der Waals surface area contributed by atoms with Crippen LogP contribution in [0.25, 0.3) is 11.3 Å². The molecule has 7 heteroatoms. The van der Waals surface area contributed by atoms with Crippen molar-refractivity contribution in [3.8, 4) is 11.3 Å². The number of piperidine rings is 1. The van der Waals surface area contributed by atoms with Crippen molar-refractivity contribution in [1.29, 1.82) is 0 Å². The summed E-state index contributed by atoms with van der Waals surface area (Å²) in [6.45, 7) is 14.9. The molecule has 1 atom stereocenters. The summed E-state index contributed by atoms with van der Waals surface area (Å²) < 4.78 is 5.53. The summed E-state index contributed by atoms with van der Waals surface area (Å²) in [5, 5.41) is 3.16. The summed E-state index contributed by atoms with van der Waals surface area (Å²) in [5.74, 6) is 0.605. The number of anilines is 1. The second-order valence-electron chi connectivity index (χ2n) is 11.6. The number of ether oxygens (including phenoxy) is 1. The first kappa shape index (κ1) is 26.1. The van der Waals surface area contributed by atoms with Crippen LogP contribution >= 0.6 is 0 Å². The highest BCUT2D eigenvalue weighted by Crippen LogP contribution is 2.47. The second-order valence-corrected chi connectivity index (χ2v) is 11.6. The summed E-state index contributed by atoms with van der Waals surface area (Å²) in [6, 6.07) is 6.26. The summed E-state index contributed by atoms with van der Waals surface area (Å²) in [4.78, 5) is 37.2. The fraction of sp³-hybridized carbons (Fsp3) is 0.586. The van der Waals surface area contributed by atoms with Gasteiger partial charge in [0.2, 0.25) is 0 Å². The van der Waals surface area contributed by atoms with E-state index in [-0.39, 0.29) is 23.3 Å². The molecule has 1 N–H and O–H groups in total. The maximum Gasteiger partial charge on any atom is 0.407 e. The van der Waals surface area contributed by atoms with Crippen molar-refractivity contribution in [3.63, 3.8) is 0 Å². The van der Waals surface area contributed by atoms with E-state index in [9.17, 15) is 9.59 Å². The number of amides is 1. The van der Waals surface area contributed by atoms with Crippen LogP contribution in [0.5, 0.6) is 0 Å². The number of aryl methyl sites for hydroxylation is 2. The van der Waals surface area contributed by atoms with Gasteiger partial charge in [-0.05, 0) is 83.8 Å². The lowest BCUT2D eigenvalue weighted by Crippen LogP contribution is -2.51. The number of aromatic nitrogens is 2. The standard InChI is InChI=1S/C29H40N4O3/c1-18-10-8-11-22(19(18)2)24-20(3)30-26(25(32-24)21(4)34)33-16-14-29(15-17-33)13-9-12-23(29)31-27(35)36-28(5,6)7/h8,10-11,23H,9,12-17H2,1-7H3,(H,31,35)/t23-/m1/s1. The van der Waals surface area contributed by atoms with Crippen LogP contribution in [0.4, 0.5) is 10.6 Å². The normalized spacial score (nSPS) is 19.4. The highest BCUT2D eigenvalue weighted by molar-refractivity contribution is 5.97. The molecule has 1 aromatic heterocycles. The largest absolute Gasteiger partial charge is 0.444 e. The van der Waals surface area contributed by atoms with E-state index in [1.54, 1.807) is 6.92 Å². The SMILES string of the molecule is CC(=O)c1nc(-c2cccc(C)c2C)c(C)nc1N1CCC2(CCC[C@H]2NC(=O)OC(C)(C)C)CC1. The molecule has 2 heterocycles. The Morgan fingerprint density at radius 1 is 1.08 bits per heavy atom. The lowest BCUT2D eigenvalue weighted by atomic mass is 9.74. The number of benzene rings is 1. The van der Waals surface area contributed by atoms with Crippen molar-refractivity contribution in [2.75, 3.05) is 18.0 Å². The fourth-order valence-electron chi connectivity index (χ4n) is 5.80. The molecule has 1 saturated carbocycles. The molecule has 2 aliphatic rings. The van der Waals surface area contributed by atoms with Crippen LogP contribution in [0.15, 0.2) is 18.2 Å². The van der Waals surface area contributed by atoms with E-state index in [1.165, 1.54) is 5.56 Å². The van der Waals surface area contributed by atoms with Crippen LogP contribution < -0.4 is 10.2 Å². The minimum absolute atomic E-state index is 0.0604. The van der Waals surface area contributed by atoms with Gasteiger partial charge in [-0.3, -0.25) is 4.79 Å². The van der Waals surface area contributed by atoms with E-state index >= 15 is 0 Å². The van der Waals surface area contributed by atoms with Crippen LogP contribution in [0, 0.1) is 26.2 Å². The van der Waals surface area contributed by atoms with Crippen molar-refractivity contribution in [2.45, 2.75) is 92.2 Å². The Morgan fingerprint density at radius 2 is 1.78 bits per heavy atom. The van der Waals surface area contributed by atoms with Gasteiger partial charge < -0.3 is 15.0 Å². The topological polar surface area (TPSA) is 84.4 Å². The zero-order chi connectivity index (χ0) is 26.3. The van der Waals surface area contributed by atoms with Crippen molar-refractivity contribution in [3.05, 3.63) is 40.7 Å². The summed E-state index contributed by atoms with van der Waals surface area (Å²) in [5.41, 5.74) is 4.95. The third-order valence-corrected chi connectivity index (χ3v) is 7.90. The molecule has 2 aromatic rings. The molecule has 1 aliphatic heterocycles. The number of alkyl carbamates (subject to hydrolysis) is 1. The average molecular weight is 493 g/mol. The lowest BCUT2D eigenvalue weighted by Gasteiger charge is -2.44. The van der Waals surface area contributed by atoms with Gasteiger partial charge >= 0.3 is 6.09 Å². The summed E-state index contributed by atoms with van der Waals surface area (Å²) in [7, 11) is 0. The maximum atomic E-state index is 12.7. The van der Waals surface area contributed by atoms with Crippen LogP contribution in [-0.2, 0) is 4.74 Å². The Balaban J connectivity index is 1.55. The van der Waals surface area contributed by atoms with Gasteiger partial charge in [0.25, 0.3) is 0 Å². The molecule has 7 nitrogen and oxygen atoms in total. The van der Waals surface area contributed by atoms with Gasteiger partial charge in [0, 0.05) is 31.6 Å². The quantitative estimate of drug-likeness (QED) is 0.532. The Morgan fingerprint density at radius 3 is 2.42 bits per heavy atom. The molecule has 36 heavy (non-hydrogen) atoms. The minimum atomic E-state index is -0.512. The maximum absolute atomic E-state index is 12.7. The molecule has 0 radical (unpaired) electrons. The molecule has 0 bridgehead atoms.